The molecule has 98 valence electrons. The molecule has 0 bridgehead atoms. The Morgan fingerprint density at radius 3 is 2.83 bits per heavy atom. The van der Waals surface area contributed by atoms with E-state index in [2.05, 4.69) is 33.9 Å². The van der Waals surface area contributed by atoms with Gasteiger partial charge >= 0.3 is 0 Å². The zero-order valence-corrected chi connectivity index (χ0v) is 11.8. The van der Waals surface area contributed by atoms with Gasteiger partial charge in [-0.1, -0.05) is 12.2 Å². The van der Waals surface area contributed by atoms with Crippen molar-refractivity contribution in [1.82, 2.24) is 19.8 Å². The van der Waals surface area contributed by atoms with Gasteiger partial charge in [0.15, 0.2) is 0 Å². The van der Waals surface area contributed by atoms with E-state index in [0.717, 1.165) is 30.1 Å². The summed E-state index contributed by atoms with van der Waals surface area (Å²) in [5.41, 5.74) is 1.28. The number of nitrogens with zero attached hydrogens (tertiary/aromatic N) is 3. The molecule has 1 atom stereocenters. The van der Waals surface area contributed by atoms with Gasteiger partial charge in [-0.15, -0.1) is 0 Å². The highest BCUT2D eigenvalue weighted by molar-refractivity contribution is 7.71. The zero-order valence-electron chi connectivity index (χ0n) is 11.0. The molecule has 1 saturated carbocycles. The maximum absolute atomic E-state index is 5.31. The summed E-state index contributed by atoms with van der Waals surface area (Å²) >= 11 is 5.31. The van der Waals surface area contributed by atoms with Crippen molar-refractivity contribution in [3.63, 3.8) is 0 Å². The maximum atomic E-state index is 5.31. The molecule has 2 fully saturated rings. The Balaban J connectivity index is 1.92. The Hall–Kier alpha value is -0.780. The first-order valence-corrected chi connectivity index (χ1v) is 7.04. The molecule has 2 aliphatic rings. The predicted octanol–water partition coefficient (Wildman–Crippen LogP) is 1.93. The van der Waals surface area contributed by atoms with Gasteiger partial charge in [-0.25, -0.2) is 4.98 Å². The third-order valence-corrected chi connectivity index (χ3v) is 4.18. The molecular weight excluding hydrogens is 244 g/mol. The number of nitrogens with one attached hydrogen (secondary N) is 1. The van der Waals surface area contributed by atoms with Crippen molar-refractivity contribution >= 4 is 12.2 Å². The highest BCUT2D eigenvalue weighted by Gasteiger charge is 2.28. The molecule has 1 aliphatic heterocycles. The largest absolute Gasteiger partial charge is 0.345 e. The van der Waals surface area contributed by atoms with Crippen molar-refractivity contribution in [3.8, 4) is 0 Å². The van der Waals surface area contributed by atoms with E-state index in [-0.39, 0.29) is 0 Å². The minimum Gasteiger partial charge on any atom is -0.345 e. The second-order valence-electron chi connectivity index (χ2n) is 5.59. The normalized spacial score (nSPS) is 26.4. The van der Waals surface area contributed by atoms with Gasteiger partial charge in [0, 0.05) is 25.3 Å². The summed E-state index contributed by atoms with van der Waals surface area (Å²) in [6.45, 7) is 3.22. The first kappa shape index (κ1) is 12.3. The molecule has 1 N–H and O–H groups in total. The van der Waals surface area contributed by atoms with Gasteiger partial charge in [-0.05, 0) is 38.9 Å². The van der Waals surface area contributed by atoms with Crippen LogP contribution in [0.1, 0.15) is 36.3 Å². The summed E-state index contributed by atoms with van der Waals surface area (Å²) in [6, 6.07) is 2.37. The highest BCUT2D eigenvalue weighted by Crippen LogP contribution is 2.39. The number of piperazine rings is 1. The van der Waals surface area contributed by atoms with E-state index in [9.17, 15) is 0 Å². The number of H-pyrrole nitrogens is 1. The molecule has 0 radical (unpaired) electrons. The van der Waals surface area contributed by atoms with Crippen molar-refractivity contribution in [3.05, 3.63) is 22.2 Å². The molecular formula is C13H20N4S. The topological polar surface area (TPSA) is 35.2 Å². The van der Waals surface area contributed by atoms with E-state index >= 15 is 0 Å². The van der Waals surface area contributed by atoms with Crippen LogP contribution in [0.5, 0.6) is 0 Å². The van der Waals surface area contributed by atoms with E-state index in [0.29, 0.717) is 12.0 Å². The lowest BCUT2D eigenvalue weighted by Gasteiger charge is -2.37. The molecule has 5 heteroatoms. The number of aromatic nitrogens is 2. The average Bonchev–Trinajstić information content (AvgIpc) is 3.15. The third-order valence-electron chi connectivity index (χ3n) is 3.97. The van der Waals surface area contributed by atoms with Crippen LogP contribution in [0.25, 0.3) is 0 Å². The predicted molar refractivity (Wildman–Crippen MR) is 74.3 cm³/mol. The maximum Gasteiger partial charge on any atom is 0.130 e. The van der Waals surface area contributed by atoms with E-state index in [4.69, 9.17) is 12.2 Å². The summed E-state index contributed by atoms with van der Waals surface area (Å²) < 4.78 is 0.729. The van der Waals surface area contributed by atoms with Crippen molar-refractivity contribution in [2.24, 2.45) is 0 Å². The second kappa shape index (κ2) is 4.72. The van der Waals surface area contributed by atoms with Gasteiger partial charge in [-0.3, -0.25) is 4.90 Å². The number of hydrogen-bond donors (Lipinski definition) is 1. The van der Waals surface area contributed by atoms with Crippen LogP contribution in [0.4, 0.5) is 0 Å². The molecule has 1 aromatic heterocycles. The van der Waals surface area contributed by atoms with Crippen LogP contribution in [0, 0.1) is 4.64 Å². The first-order chi connectivity index (χ1) is 8.63. The second-order valence-corrected chi connectivity index (χ2v) is 6.01. The monoisotopic (exact) mass is 264 g/mol. The molecule has 1 aromatic rings. The Kier molecular flexibility index (Phi) is 3.21. The lowest BCUT2D eigenvalue weighted by Crippen LogP contribution is -2.45. The molecule has 4 nitrogen and oxygen atoms in total. The van der Waals surface area contributed by atoms with Gasteiger partial charge in [0.05, 0.1) is 6.04 Å². The average molecular weight is 264 g/mol. The molecule has 0 amide bonds. The summed E-state index contributed by atoms with van der Waals surface area (Å²) in [6.07, 6.45) is 2.57. The minimum atomic E-state index is 0.337. The lowest BCUT2D eigenvalue weighted by molar-refractivity contribution is 0.109. The Morgan fingerprint density at radius 1 is 1.33 bits per heavy atom. The molecule has 0 spiro atoms. The van der Waals surface area contributed by atoms with Crippen LogP contribution in [0.3, 0.4) is 0 Å². The fourth-order valence-corrected chi connectivity index (χ4v) is 2.80. The van der Waals surface area contributed by atoms with Crippen LogP contribution in [-0.4, -0.2) is 53.5 Å². The van der Waals surface area contributed by atoms with Gasteiger partial charge < -0.3 is 9.88 Å². The van der Waals surface area contributed by atoms with Crippen LogP contribution in [0.15, 0.2) is 6.07 Å². The molecule has 1 aliphatic carbocycles. The Labute approximate surface area is 113 Å². The molecule has 0 aromatic carbocycles. The fraction of sp³-hybridized carbons (Fsp3) is 0.692. The van der Waals surface area contributed by atoms with Gasteiger partial charge in [0.1, 0.15) is 10.5 Å². The summed E-state index contributed by atoms with van der Waals surface area (Å²) in [5, 5.41) is 0. The van der Waals surface area contributed by atoms with Gasteiger partial charge in [0.2, 0.25) is 0 Å². The highest BCUT2D eigenvalue weighted by atomic mass is 32.1. The number of hydrogen-bond acceptors (Lipinski definition) is 4. The Morgan fingerprint density at radius 2 is 2.11 bits per heavy atom. The summed E-state index contributed by atoms with van der Waals surface area (Å²) in [4.78, 5) is 12.8. The SMILES string of the molecule is CN1CCN(C)C(c2nc(=S)cc(C3CC3)[nH]2)C1. The van der Waals surface area contributed by atoms with Gasteiger partial charge in [-0.2, -0.15) is 0 Å². The van der Waals surface area contributed by atoms with Crippen LogP contribution in [-0.2, 0) is 0 Å². The van der Waals surface area contributed by atoms with Gasteiger partial charge in [0.25, 0.3) is 0 Å². The third kappa shape index (κ3) is 2.48. The van der Waals surface area contributed by atoms with Crippen molar-refractivity contribution in [2.75, 3.05) is 33.7 Å². The van der Waals surface area contributed by atoms with E-state index in [1.54, 1.807) is 0 Å². The standard InChI is InChI=1S/C13H20N4S/c1-16-5-6-17(2)11(8-16)13-14-10(9-3-4-9)7-12(18)15-13/h7,9,11H,3-6,8H2,1-2H3,(H,14,15,18). The number of aromatic amines is 1. The molecule has 1 unspecified atom stereocenters. The summed E-state index contributed by atoms with van der Waals surface area (Å²) in [7, 11) is 4.33. The van der Waals surface area contributed by atoms with Crippen molar-refractivity contribution < 1.29 is 0 Å². The quantitative estimate of drug-likeness (QED) is 0.828. The van der Waals surface area contributed by atoms with Crippen molar-refractivity contribution in [1.29, 1.82) is 0 Å². The molecule has 3 rings (SSSR count). The van der Waals surface area contributed by atoms with Crippen molar-refractivity contribution in [2.45, 2.75) is 24.8 Å². The molecule has 2 heterocycles. The first-order valence-electron chi connectivity index (χ1n) is 6.63. The zero-order chi connectivity index (χ0) is 12.7. The summed E-state index contributed by atoms with van der Waals surface area (Å²) in [5.74, 6) is 1.73. The number of likely N-dealkylation sites (N-methyl/N-ethyl adjacent to an activating group) is 2. The minimum absolute atomic E-state index is 0.337. The van der Waals surface area contributed by atoms with E-state index < -0.39 is 0 Å². The lowest BCUT2D eigenvalue weighted by atomic mass is 10.1. The smallest absolute Gasteiger partial charge is 0.130 e. The molecule has 18 heavy (non-hydrogen) atoms. The fourth-order valence-electron chi connectivity index (χ4n) is 2.57. The number of rotatable bonds is 2. The Bertz CT molecular complexity index is 494. The van der Waals surface area contributed by atoms with Crippen LogP contribution >= 0.6 is 12.2 Å². The van der Waals surface area contributed by atoms with Crippen LogP contribution in [0.2, 0.25) is 0 Å². The molecule has 1 saturated heterocycles. The van der Waals surface area contributed by atoms with E-state index in [1.165, 1.54) is 18.5 Å². The van der Waals surface area contributed by atoms with E-state index in [1.807, 2.05) is 6.07 Å². The van der Waals surface area contributed by atoms with Crippen LogP contribution < -0.4 is 0 Å².